The third-order valence-electron chi connectivity index (χ3n) is 2.09. The van der Waals surface area contributed by atoms with E-state index in [-0.39, 0.29) is 11.0 Å². The molecule has 1 heterocycles. The first-order valence-electron chi connectivity index (χ1n) is 4.32. The lowest BCUT2D eigenvalue weighted by Gasteiger charge is -2.10. The van der Waals surface area contributed by atoms with E-state index in [2.05, 4.69) is 4.42 Å². The van der Waals surface area contributed by atoms with Crippen LogP contribution in [0.2, 0.25) is 0 Å². The maximum atomic E-state index is 13.1. The molecule has 2 nitrogen and oxygen atoms in total. The van der Waals surface area contributed by atoms with Gasteiger partial charge in [0.1, 0.15) is 5.76 Å². The summed E-state index contributed by atoms with van der Waals surface area (Å²) in [6, 6.07) is 4.78. The first-order valence-corrected chi connectivity index (χ1v) is 4.32. The van der Waals surface area contributed by atoms with Gasteiger partial charge >= 0.3 is 6.18 Å². The average molecular weight is 234 g/mol. The monoisotopic (exact) mass is 234 g/mol. The highest BCUT2D eigenvalue weighted by atomic mass is 19.4. The fourth-order valence-electron chi connectivity index (χ4n) is 1.34. The van der Waals surface area contributed by atoms with Crippen molar-refractivity contribution in [3.8, 4) is 0 Å². The van der Waals surface area contributed by atoms with Crippen molar-refractivity contribution < 1.29 is 27.1 Å². The molecule has 1 atom stereocenters. The lowest BCUT2D eigenvalue weighted by Crippen LogP contribution is -2.19. The predicted molar refractivity (Wildman–Crippen MR) is 47.2 cm³/mol. The van der Waals surface area contributed by atoms with Crippen LogP contribution < -0.4 is 0 Å². The topological polar surface area (TPSA) is 33.4 Å². The van der Waals surface area contributed by atoms with Crippen LogP contribution in [-0.2, 0) is 0 Å². The minimum absolute atomic E-state index is 0.179. The van der Waals surface area contributed by atoms with Gasteiger partial charge in [-0.3, -0.25) is 0 Å². The quantitative estimate of drug-likeness (QED) is 0.769. The number of para-hydroxylation sites is 1. The molecule has 0 saturated carbocycles. The molecule has 0 bridgehead atoms. The van der Waals surface area contributed by atoms with Gasteiger partial charge in [-0.15, -0.1) is 0 Å². The SMILES string of the molecule is OC(c1cc2cccc(F)c2o1)C(F)(F)F. The number of fused-ring (bicyclic) bond motifs is 1. The number of furan rings is 1. The molecule has 1 N–H and O–H groups in total. The van der Waals surface area contributed by atoms with Crippen molar-refractivity contribution in [3.63, 3.8) is 0 Å². The maximum absolute atomic E-state index is 13.1. The van der Waals surface area contributed by atoms with Gasteiger partial charge in [-0.25, -0.2) is 4.39 Å². The van der Waals surface area contributed by atoms with Crippen LogP contribution >= 0.6 is 0 Å². The van der Waals surface area contributed by atoms with Crippen molar-refractivity contribution in [2.45, 2.75) is 12.3 Å². The summed E-state index contributed by atoms with van der Waals surface area (Å²) in [6.07, 6.45) is -7.57. The smallest absolute Gasteiger partial charge is 0.421 e. The Kier molecular flexibility index (Phi) is 2.38. The van der Waals surface area contributed by atoms with E-state index in [1.165, 1.54) is 12.1 Å². The number of hydrogen-bond acceptors (Lipinski definition) is 2. The van der Waals surface area contributed by atoms with E-state index in [0.29, 0.717) is 0 Å². The highest BCUT2D eigenvalue weighted by Crippen LogP contribution is 2.35. The summed E-state index contributed by atoms with van der Waals surface area (Å²) in [5.74, 6) is -1.48. The summed E-state index contributed by atoms with van der Waals surface area (Å²) in [4.78, 5) is 0. The Bertz CT molecular complexity index is 515. The van der Waals surface area contributed by atoms with Gasteiger partial charge in [0.25, 0.3) is 0 Å². The Morgan fingerprint density at radius 2 is 1.94 bits per heavy atom. The van der Waals surface area contributed by atoms with E-state index < -0.39 is 23.9 Å². The minimum Gasteiger partial charge on any atom is -0.455 e. The molecular weight excluding hydrogens is 228 g/mol. The number of aliphatic hydroxyl groups is 1. The normalized spacial score (nSPS) is 14.3. The Hall–Kier alpha value is -1.56. The van der Waals surface area contributed by atoms with Gasteiger partial charge in [-0.05, 0) is 12.1 Å². The van der Waals surface area contributed by atoms with Crippen molar-refractivity contribution in [3.05, 3.63) is 35.8 Å². The molecule has 0 radical (unpaired) electrons. The zero-order chi connectivity index (χ0) is 11.9. The van der Waals surface area contributed by atoms with Crippen molar-refractivity contribution in [1.29, 1.82) is 0 Å². The van der Waals surface area contributed by atoms with Crippen molar-refractivity contribution in [1.82, 2.24) is 0 Å². The highest BCUT2D eigenvalue weighted by molar-refractivity contribution is 5.78. The molecular formula is C10H6F4O2. The van der Waals surface area contributed by atoms with E-state index in [9.17, 15) is 17.6 Å². The molecule has 6 heteroatoms. The number of hydrogen-bond donors (Lipinski definition) is 1. The fraction of sp³-hybridized carbons (Fsp3) is 0.200. The average Bonchev–Trinajstić information content (AvgIpc) is 2.60. The van der Waals surface area contributed by atoms with Gasteiger partial charge in [-0.1, -0.05) is 12.1 Å². The molecule has 0 spiro atoms. The first kappa shape index (κ1) is 10.9. The fourth-order valence-corrected chi connectivity index (χ4v) is 1.34. The van der Waals surface area contributed by atoms with Gasteiger partial charge in [0, 0.05) is 5.39 Å². The second-order valence-corrected chi connectivity index (χ2v) is 3.25. The molecule has 0 aliphatic carbocycles. The van der Waals surface area contributed by atoms with Crippen LogP contribution in [0.5, 0.6) is 0 Å². The molecule has 0 saturated heterocycles. The molecule has 86 valence electrons. The molecule has 2 aromatic rings. The molecule has 1 aromatic heterocycles. The predicted octanol–water partition coefficient (Wildman–Crippen LogP) is 3.17. The molecule has 1 aromatic carbocycles. The number of halogens is 4. The summed E-state index contributed by atoms with van der Waals surface area (Å²) in [7, 11) is 0. The Morgan fingerprint density at radius 1 is 1.25 bits per heavy atom. The molecule has 1 unspecified atom stereocenters. The Balaban J connectivity index is 2.52. The van der Waals surface area contributed by atoms with Gasteiger partial charge < -0.3 is 9.52 Å². The summed E-state index contributed by atoms with van der Waals surface area (Å²) < 4.78 is 54.2. The highest BCUT2D eigenvalue weighted by Gasteiger charge is 2.41. The Morgan fingerprint density at radius 3 is 2.50 bits per heavy atom. The van der Waals surface area contributed by atoms with Crippen molar-refractivity contribution in [2.24, 2.45) is 0 Å². The van der Waals surface area contributed by atoms with Gasteiger partial charge in [0.15, 0.2) is 11.4 Å². The zero-order valence-electron chi connectivity index (χ0n) is 7.75. The van der Waals surface area contributed by atoms with E-state index in [4.69, 9.17) is 5.11 Å². The molecule has 0 aliphatic heterocycles. The van der Waals surface area contributed by atoms with Crippen LogP contribution in [0, 0.1) is 5.82 Å². The summed E-state index contributed by atoms with van der Waals surface area (Å²) in [5.41, 5.74) is -0.291. The van der Waals surface area contributed by atoms with Gasteiger partial charge in [0.2, 0.25) is 6.10 Å². The first-order chi connectivity index (χ1) is 7.39. The summed E-state index contributed by atoms with van der Waals surface area (Å²) in [5, 5.41) is 9.09. The van der Waals surface area contributed by atoms with Crippen LogP contribution in [0.15, 0.2) is 28.7 Å². The summed E-state index contributed by atoms with van der Waals surface area (Å²) in [6.45, 7) is 0. The maximum Gasteiger partial charge on any atom is 0.421 e. The molecule has 2 rings (SSSR count). The van der Waals surface area contributed by atoms with Crippen molar-refractivity contribution >= 4 is 11.0 Å². The molecule has 0 fully saturated rings. The largest absolute Gasteiger partial charge is 0.455 e. The summed E-state index contributed by atoms with van der Waals surface area (Å²) >= 11 is 0. The van der Waals surface area contributed by atoms with Crippen LogP contribution in [0.4, 0.5) is 17.6 Å². The van der Waals surface area contributed by atoms with E-state index in [1.54, 1.807) is 0 Å². The Labute approximate surface area is 87.1 Å². The third-order valence-corrected chi connectivity index (χ3v) is 2.09. The van der Waals surface area contributed by atoms with E-state index in [1.807, 2.05) is 0 Å². The van der Waals surface area contributed by atoms with Crippen molar-refractivity contribution in [2.75, 3.05) is 0 Å². The number of benzene rings is 1. The molecule has 0 aliphatic rings. The van der Waals surface area contributed by atoms with Gasteiger partial charge in [-0.2, -0.15) is 13.2 Å². The second-order valence-electron chi connectivity index (χ2n) is 3.25. The number of rotatable bonds is 1. The molecule has 0 amide bonds. The molecule has 16 heavy (non-hydrogen) atoms. The van der Waals surface area contributed by atoms with Crippen LogP contribution in [0.3, 0.4) is 0 Å². The number of alkyl halides is 3. The second kappa shape index (κ2) is 3.48. The van der Waals surface area contributed by atoms with Crippen LogP contribution in [-0.4, -0.2) is 11.3 Å². The van der Waals surface area contributed by atoms with Gasteiger partial charge in [0.05, 0.1) is 0 Å². The van der Waals surface area contributed by atoms with Crippen LogP contribution in [0.25, 0.3) is 11.0 Å². The lowest BCUT2D eigenvalue weighted by molar-refractivity contribution is -0.211. The minimum atomic E-state index is -4.83. The van der Waals surface area contributed by atoms with E-state index in [0.717, 1.165) is 12.1 Å². The zero-order valence-corrected chi connectivity index (χ0v) is 7.75. The lowest BCUT2D eigenvalue weighted by atomic mass is 10.2. The standard InChI is InChI=1S/C10H6F4O2/c11-6-3-1-2-5-4-7(16-8(5)6)9(15)10(12,13)14/h1-4,9,15H. The third kappa shape index (κ3) is 1.76. The number of aliphatic hydroxyl groups excluding tert-OH is 1. The van der Waals surface area contributed by atoms with E-state index >= 15 is 0 Å². The van der Waals surface area contributed by atoms with Crippen LogP contribution in [0.1, 0.15) is 11.9 Å².